The van der Waals surface area contributed by atoms with Gasteiger partial charge in [-0.15, -0.1) is 0 Å². The predicted molar refractivity (Wildman–Crippen MR) is 115 cm³/mol. The minimum Gasteiger partial charge on any atom is -0.494 e. The Hall–Kier alpha value is -2.85. The van der Waals surface area contributed by atoms with Crippen LogP contribution in [0.5, 0.6) is 5.75 Å². The summed E-state index contributed by atoms with van der Waals surface area (Å²) < 4.78 is 5.58. The summed E-state index contributed by atoms with van der Waals surface area (Å²) in [7, 11) is 0. The number of ether oxygens (including phenoxy) is 1. The second-order valence-corrected chi connectivity index (χ2v) is 8.50. The van der Waals surface area contributed by atoms with Crippen LogP contribution in [0.1, 0.15) is 47.5 Å². The van der Waals surface area contributed by atoms with E-state index in [2.05, 4.69) is 17.6 Å². The Balaban J connectivity index is 3.11. The van der Waals surface area contributed by atoms with E-state index in [0.717, 1.165) is 12.8 Å². The number of carbonyl (C=O) groups excluding carboxylic acids is 3. The summed E-state index contributed by atoms with van der Waals surface area (Å²) in [6.45, 7) is 9.24. The highest BCUT2D eigenvalue weighted by atomic mass is 16.5. The SMILES string of the molecule is CCCCOc1ccc(NC(C(=O)NC(C)(C(N)=O)C(C)(C)C)C(O)C(=O)NO)cc1. The number of nitrogens with two attached hydrogens (primary N) is 1. The maximum absolute atomic E-state index is 13.0. The Bertz CT molecular complexity index is 762. The highest BCUT2D eigenvalue weighted by Gasteiger charge is 2.46. The van der Waals surface area contributed by atoms with E-state index in [1.165, 1.54) is 12.4 Å². The Morgan fingerprint density at radius 3 is 2.13 bits per heavy atom. The lowest BCUT2D eigenvalue weighted by atomic mass is 9.74. The number of aliphatic hydroxyl groups excluding tert-OH is 1. The molecule has 0 heterocycles. The van der Waals surface area contributed by atoms with Crippen LogP contribution in [0.25, 0.3) is 0 Å². The van der Waals surface area contributed by atoms with Gasteiger partial charge in [0.15, 0.2) is 6.10 Å². The largest absolute Gasteiger partial charge is 0.494 e. The van der Waals surface area contributed by atoms with Gasteiger partial charge in [0.2, 0.25) is 11.8 Å². The van der Waals surface area contributed by atoms with Crippen LogP contribution < -0.4 is 26.6 Å². The average molecular weight is 439 g/mol. The number of amides is 3. The van der Waals surface area contributed by atoms with E-state index in [4.69, 9.17) is 15.7 Å². The third kappa shape index (κ3) is 6.83. The number of aliphatic hydroxyl groups is 1. The van der Waals surface area contributed by atoms with Crippen molar-refractivity contribution in [2.75, 3.05) is 11.9 Å². The lowest BCUT2D eigenvalue weighted by Gasteiger charge is -2.40. The minimum absolute atomic E-state index is 0.407. The predicted octanol–water partition coefficient (Wildman–Crippen LogP) is 0.919. The smallest absolute Gasteiger partial charge is 0.274 e. The first kappa shape index (κ1) is 26.2. The van der Waals surface area contributed by atoms with E-state index in [0.29, 0.717) is 18.0 Å². The number of carbonyl (C=O) groups is 3. The monoisotopic (exact) mass is 438 g/mol. The van der Waals surface area contributed by atoms with Gasteiger partial charge in [-0.05, 0) is 43.0 Å². The summed E-state index contributed by atoms with van der Waals surface area (Å²) in [6.07, 6.45) is -0.0421. The molecular weight excluding hydrogens is 404 g/mol. The fraction of sp³-hybridized carbons (Fsp3) is 0.571. The number of rotatable bonds is 11. The molecule has 1 aromatic carbocycles. The third-order valence-corrected chi connectivity index (χ3v) is 5.29. The molecule has 1 rings (SSSR count). The zero-order valence-corrected chi connectivity index (χ0v) is 18.7. The number of hydroxylamine groups is 1. The first-order valence-corrected chi connectivity index (χ1v) is 10.1. The summed E-state index contributed by atoms with van der Waals surface area (Å²) in [4.78, 5) is 36.9. The number of unbranched alkanes of at least 4 members (excludes halogenated alkanes) is 1. The molecule has 10 nitrogen and oxygen atoms in total. The molecule has 3 atom stereocenters. The number of primary amides is 1. The van der Waals surface area contributed by atoms with Crippen LogP contribution >= 0.6 is 0 Å². The zero-order chi connectivity index (χ0) is 23.8. The first-order chi connectivity index (χ1) is 14.4. The van der Waals surface area contributed by atoms with E-state index >= 15 is 0 Å². The van der Waals surface area contributed by atoms with Gasteiger partial charge in [-0.2, -0.15) is 0 Å². The van der Waals surface area contributed by atoms with Crippen molar-refractivity contribution in [2.24, 2.45) is 11.1 Å². The molecule has 7 N–H and O–H groups in total. The van der Waals surface area contributed by atoms with Crippen LogP contribution in [0, 0.1) is 5.41 Å². The fourth-order valence-corrected chi connectivity index (χ4v) is 2.61. The van der Waals surface area contributed by atoms with Gasteiger partial charge < -0.3 is 26.2 Å². The molecule has 0 saturated carbocycles. The lowest BCUT2D eigenvalue weighted by Crippen LogP contribution is -2.66. The molecule has 31 heavy (non-hydrogen) atoms. The van der Waals surface area contributed by atoms with Crippen molar-refractivity contribution in [1.29, 1.82) is 0 Å². The van der Waals surface area contributed by atoms with Crippen molar-refractivity contribution in [1.82, 2.24) is 10.8 Å². The van der Waals surface area contributed by atoms with Crippen molar-refractivity contribution in [2.45, 2.75) is 65.1 Å². The molecule has 0 aromatic heterocycles. The minimum atomic E-state index is -1.96. The number of hydrogen-bond acceptors (Lipinski definition) is 7. The van der Waals surface area contributed by atoms with Crippen LogP contribution in [-0.4, -0.2) is 52.3 Å². The van der Waals surface area contributed by atoms with Crippen molar-refractivity contribution < 1.29 is 29.4 Å². The summed E-state index contributed by atoms with van der Waals surface area (Å²) in [6, 6.07) is 5.05. The Kier molecular flexibility index (Phi) is 9.26. The van der Waals surface area contributed by atoms with E-state index in [-0.39, 0.29) is 0 Å². The molecule has 10 heteroatoms. The average Bonchev–Trinajstić information content (AvgIpc) is 2.70. The molecule has 0 spiro atoms. The molecule has 0 aliphatic carbocycles. The van der Waals surface area contributed by atoms with Gasteiger partial charge in [-0.1, -0.05) is 34.1 Å². The van der Waals surface area contributed by atoms with Crippen molar-refractivity contribution in [3.05, 3.63) is 24.3 Å². The van der Waals surface area contributed by atoms with Crippen LogP contribution in [0.4, 0.5) is 5.69 Å². The second kappa shape index (κ2) is 11.0. The highest BCUT2D eigenvalue weighted by molar-refractivity contribution is 5.97. The quantitative estimate of drug-likeness (QED) is 0.170. The van der Waals surface area contributed by atoms with Crippen LogP contribution in [-0.2, 0) is 14.4 Å². The van der Waals surface area contributed by atoms with Gasteiger partial charge in [0.05, 0.1) is 6.61 Å². The number of anilines is 1. The van der Waals surface area contributed by atoms with Crippen molar-refractivity contribution in [3.8, 4) is 5.75 Å². The molecule has 1 aromatic rings. The lowest BCUT2D eigenvalue weighted by molar-refractivity contribution is -0.144. The molecule has 0 fully saturated rings. The van der Waals surface area contributed by atoms with Crippen molar-refractivity contribution in [3.63, 3.8) is 0 Å². The topological polar surface area (TPSA) is 163 Å². The molecule has 0 saturated heterocycles. The zero-order valence-electron chi connectivity index (χ0n) is 18.7. The molecule has 0 aliphatic rings. The van der Waals surface area contributed by atoms with E-state index in [1.807, 2.05) is 0 Å². The molecule has 3 unspecified atom stereocenters. The Morgan fingerprint density at radius 1 is 1.10 bits per heavy atom. The van der Waals surface area contributed by atoms with Gasteiger partial charge in [-0.3, -0.25) is 19.6 Å². The van der Waals surface area contributed by atoms with Gasteiger partial charge in [-0.25, -0.2) is 5.48 Å². The summed E-state index contributed by atoms with van der Waals surface area (Å²) >= 11 is 0. The van der Waals surface area contributed by atoms with Gasteiger partial charge in [0, 0.05) is 5.69 Å². The van der Waals surface area contributed by atoms with Crippen molar-refractivity contribution >= 4 is 23.4 Å². The summed E-state index contributed by atoms with van der Waals surface area (Å²) in [5, 5.41) is 24.5. The molecule has 0 bridgehead atoms. The summed E-state index contributed by atoms with van der Waals surface area (Å²) in [5.41, 5.74) is 5.00. The number of benzene rings is 1. The fourth-order valence-electron chi connectivity index (χ4n) is 2.61. The van der Waals surface area contributed by atoms with Gasteiger partial charge in [0.25, 0.3) is 5.91 Å². The number of hydrogen-bond donors (Lipinski definition) is 6. The van der Waals surface area contributed by atoms with Crippen LogP contribution in [0.3, 0.4) is 0 Å². The van der Waals surface area contributed by atoms with Crippen LogP contribution in [0.15, 0.2) is 24.3 Å². The van der Waals surface area contributed by atoms with Gasteiger partial charge >= 0.3 is 0 Å². The van der Waals surface area contributed by atoms with E-state index in [9.17, 15) is 19.5 Å². The normalized spacial score (nSPS) is 15.2. The molecule has 0 radical (unpaired) electrons. The molecule has 0 aliphatic heterocycles. The standard InChI is InChI=1S/C21H34N4O6/c1-6-7-12-31-14-10-8-13(9-11-14)23-15(16(26)18(28)25-30)17(27)24-21(5,19(22)29)20(2,3)4/h8-11,15-16,23,26,30H,6-7,12H2,1-5H3,(H2,22,29)(H,24,27)(H,25,28). The molecule has 174 valence electrons. The van der Waals surface area contributed by atoms with Gasteiger partial charge in [0.1, 0.15) is 17.3 Å². The second-order valence-electron chi connectivity index (χ2n) is 8.50. The maximum atomic E-state index is 13.0. The highest BCUT2D eigenvalue weighted by Crippen LogP contribution is 2.30. The van der Waals surface area contributed by atoms with E-state index in [1.54, 1.807) is 45.0 Å². The Morgan fingerprint density at radius 2 is 1.68 bits per heavy atom. The Labute approximate surface area is 182 Å². The maximum Gasteiger partial charge on any atom is 0.274 e. The molecule has 3 amide bonds. The first-order valence-electron chi connectivity index (χ1n) is 10.1. The number of nitrogens with one attached hydrogen (secondary N) is 3. The third-order valence-electron chi connectivity index (χ3n) is 5.29. The molecular formula is C21H34N4O6. The summed E-state index contributed by atoms with van der Waals surface area (Å²) in [5.74, 6) is -2.19. The van der Waals surface area contributed by atoms with Crippen LogP contribution in [0.2, 0.25) is 0 Å². The van der Waals surface area contributed by atoms with E-state index < -0.39 is 40.8 Å².